The highest BCUT2D eigenvalue weighted by atomic mass is 16.5. The molecule has 0 saturated carbocycles. The molecule has 0 heterocycles. The van der Waals surface area contributed by atoms with Crippen LogP contribution >= 0.6 is 0 Å². The maximum absolute atomic E-state index is 12.1. The molecule has 0 aliphatic carbocycles. The number of methoxy groups -OCH3 is 1. The maximum atomic E-state index is 12.1. The Morgan fingerprint density at radius 3 is 2.31 bits per heavy atom. The quantitative estimate of drug-likeness (QED) is 0.762. The molecule has 6 nitrogen and oxygen atoms in total. The predicted molar refractivity (Wildman–Crippen MR) is 102 cm³/mol. The largest absolute Gasteiger partial charge is 0.497 e. The lowest BCUT2D eigenvalue weighted by molar-refractivity contribution is -0.123. The lowest BCUT2D eigenvalue weighted by Gasteiger charge is -2.16. The molecule has 0 saturated heterocycles. The molecule has 2 aromatic rings. The summed E-state index contributed by atoms with van der Waals surface area (Å²) in [5.74, 6) is 0.433. The van der Waals surface area contributed by atoms with Crippen molar-refractivity contribution in [1.82, 2.24) is 10.2 Å². The fourth-order valence-electron chi connectivity index (χ4n) is 2.48. The van der Waals surface area contributed by atoms with E-state index in [0.717, 1.165) is 16.9 Å². The van der Waals surface area contributed by atoms with E-state index in [2.05, 4.69) is 10.6 Å². The SMILES string of the molecule is COc1ccc(NC(=O)CN(C)CC(=O)NCc2ccccc2C)cc1. The summed E-state index contributed by atoms with van der Waals surface area (Å²) in [7, 11) is 3.33. The molecule has 0 bridgehead atoms. The highest BCUT2D eigenvalue weighted by molar-refractivity contribution is 5.92. The van der Waals surface area contributed by atoms with Gasteiger partial charge in [0.05, 0.1) is 20.2 Å². The first kappa shape index (κ1) is 19.5. The fraction of sp³-hybridized carbons (Fsp3) is 0.300. The van der Waals surface area contributed by atoms with Crippen LogP contribution in [-0.4, -0.2) is 44.0 Å². The molecule has 0 aliphatic heterocycles. The normalized spacial score (nSPS) is 10.5. The van der Waals surface area contributed by atoms with Gasteiger partial charge in [-0.05, 0) is 49.4 Å². The molecule has 0 spiro atoms. The Morgan fingerprint density at radius 2 is 1.65 bits per heavy atom. The average molecular weight is 355 g/mol. The number of carbonyl (C=O) groups is 2. The van der Waals surface area contributed by atoms with Crippen molar-refractivity contribution in [3.8, 4) is 5.75 Å². The van der Waals surface area contributed by atoms with Crippen molar-refractivity contribution in [1.29, 1.82) is 0 Å². The Labute approximate surface area is 154 Å². The zero-order chi connectivity index (χ0) is 18.9. The Bertz CT molecular complexity index is 744. The molecule has 0 atom stereocenters. The van der Waals surface area contributed by atoms with E-state index in [0.29, 0.717) is 12.2 Å². The van der Waals surface area contributed by atoms with Gasteiger partial charge in [-0.3, -0.25) is 14.5 Å². The topological polar surface area (TPSA) is 70.7 Å². The Balaban J connectivity index is 1.74. The standard InChI is InChI=1S/C20H25N3O3/c1-15-6-4-5-7-16(15)12-21-19(24)13-23(2)14-20(25)22-17-8-10-18(26-3)11-9-17/h4-11H,12-14H2,1-3H3,(H,21,24)(H,22,25). The number of amides is 2. The number of ether oxygens (including phenoxy) is 1. The number of nitrogens with one attached hydrogen (secondary N) is 2. The van der Waals surface area contributed by atoms with Crippen molar-refractivity contribution in [3.05, 3.63) is 59.7 Å². The summed E-state index contributed by atoms with van der Waals surface area (Å²) < 4.78 is 5.08. The average Bonchev–Trinajstić information content (AvgIpc) is 2.61. The number of likely N-dealkylation sites (N-methyl/N-ethyl adjacent to an activating group) is 1. The van der Waals surface area contributed by atoms with Crippen LogP contribution in [0.4, 0.5) is 5.69 Å². The van der Waals surface area contributed by atoms with Crippen molar-refractivity contribution < 1.29 is 14.3 Å². The summed E-state index contributed by atoms with van der Waals surface area (Å²) in [6.07, 6.45) is 0. The molecule has 0 aromatic heterocycles. The molecule has 0 radical (unpaired) electrons. The number of anilines is 1. The van der Waals surface area contributed by atoms with Crippen LogP contribution in [0.25, 0.3) is 0 Å². The van der Waals surface area contributed by atoms with E-state index >= 15 is 0 Å². The van der Waals surface area contributed by atoms with Crippen LogP contribution in [0.5, 0.6) is 5.75 Å². The van der Waals surface area contributed by atoms with E-state index in [1.54, 1.807) is 43.3 Å². The number of nitrogens with zero attached hydrogens (tertiary/aromatic N) is 1. The first-order valence-corrected chi connectivity index (χ1v) is 8.41. The van der Waals surface area contributed by atoms with E-state index in [9.17, 15) is 9.59 Å². The molecule has 6 heteroatoms. The number of carbonyl (C=O) groups excluding carboxylic acids is 2. The molecule has 26 heavy (non-hydrogen) atoms. The second-order valence-electron chi connectivity index (χ2n) is 6.15. The minimum Gasteiger partial charge on any atom is -0.497 e. The minimum atomic E-state index is -0.177. The fourth-order valence-corrected chi connectivity index (χ4v) is 2.48. The predicted octanol–water partition coefficient (Wildman–Crippen LogP) is 2.19. The molecule has 2 N–H and O–H groups in total. The van der Waals surface area contributed by atoms with Gasteiger partial charge in [0.1, 0.15) is 5.75 Å². The van der Waals surface area contributed by atoms with Gasteiger partial charge in [0.15, 0.2) is 0 Å². The van der Waals surface area contributed by atoms with Crippen molar-refractivity contribution in [2.75, 3.05) is 32.6 Å². The van der Waals surface area contributed by atoms with Gasteiger partial charge in [0.2, 0.25) is 11.8 Å². The molecular formula is C20H25N3O3. The van der Waals surface area contributed by atoms with Crippen LogP contribution in [0.15, 0.2) is 48.5 Å². The second kappa shape index (κ2) is 9.58. The zero-order valence-electron chi connectivity index (χ0n) is 15.4. The van der Waals surface area contributed by atoms with Gasteiger partial charge < -0.3 is 15.4 Å². The molecule has 0 unspecified atom stereocenters. The Morgan fingerprint density at radius 1 is 1.00 bits per heavy atom. The Hall–Kier alpha value is -2.86. The van der Waals surface area contributed by atoms with E-state index in [1.807, 2.05) is 31.2 Å². The molecule has 2 rings (SSSR count). The summed E-state index contributed by atoms with van der Waals surface area (Å²) in [6.45, 7) is 2.78. The van der Waals surface area contributed by atoms with Gasteiger partial charge in [-0.2, -0.15) is 0 Å². The zero-order valence-corrected chi connectivity index (χ0v) is 15.4. The van der Waals surface area contributed by atoms with E-state index in [1.165, 1.54) is 0 Å². The van der Waals surface area contributed by atoms with Gasteiger partial charge in [-0.1, -0.05) is 24.3 Å². The van der Waals surface area contributed by atoms with E-state index in [-0.39, 0.29) is 24.9 Å². The number of rotatable bonds is 8. The van der Waals surface area contributed by atoms with Crippen molar-refractivity contribution in [2.45, 2.75) is 13.5 Å². The van der Waals surface area contributed by atoms with Crippen molar-refractivity contribution in [3.63, 3.8) is 0 Å². The molecular weight excluding hydrogens is 330 g/mol. The highest BCUT2D eigenvalue weighted by Gasteiger charge is 2.11. The third-order valence-corrected chi connectivity index (χ3v) is 3.94. The van der Waals surface area contributed by atoms with Gasteiger partial charge in [-0.15, -0.1) is 0 Å². The lowest BCUT2D eigenvalue weighted by atomic mass is 10.1. The number of hydrogen-bond donors (Lipinski definition) is 2. The van der Waals surface area contributed by atoms with Gasteiger partial charge in [-0.25, -0.2) is 0 Å². The molecule has 2 amide bonds. The monoisotopic (exact) mass is 355 g/mol. The molecule has 0 aliphatic rings. The van der Waals surface area contributed by atoms with Gasteiger partial charge in [0.25, 0.3) is 0 Å². The van der Waals surface area contributed by atoms with Gasteiger partial charge in [0, 0.05) is 12.2 Å². The van der Waals surface area contributed by atoms with Crippen LogP contribution in [-0.2, 0) is 16.1 Å². The first-order valence-electron chi connectivity index (χ1n) is 8.41. The third kappa shape index (κ3) is 6.22. The minimum absolute atomic E-state index is 0.118. The highest BCUT2D eigenvalue weighted by Crippen LogP contribution is 2.14. The van der Waals surface area contributed by atoms with Crippen molar-refractivity contribution >= 4 is 17.5 Å². The van der Waals surface area contributed by atoms with Crippen LogP contribution in [0, 0.1) is 6.92 Å². The number of benzene rings is 2. The third-order valence-electron chi connectivity index (χ3n) is 3.94. The number of hydrogen-bond acceptors (Lipinski definition) is 4. The van der Waals surface area contributed by atoms with Crippen LogP contribution in [0.3, 0.4) is 0 Å². The van der Waals surface area contributed by atoms with Crippen molar-refractivity contribution in [2.24, 2.45) is 0 Å². The first-order chi connectivity index (χ1) is 12.5. The maximum Gasteiger partial charge on any atom is 0.238 e. The molecule has 2 aromatic carbocycles. The summed E-state index contributed by atoms with van der Waals surface area (Å²) in [5, 5.41) is 5.67. The van der Waals surface area contributed by atoms with E-state index in [4.69, 9.17) is 4.74 Å². The molecule has 0 fully saturated rings. The smallest absolute Gasteiger partial charge is 0.238 e. The summed E-state index contributed by atoms with van der Waals surface area (Å²) in [4.78, 5) is 25.8. The molecule has 138 valence electrons. The van der Waals surface area contributed by atoms with Crippen LogP contribution in [0.2, 0.25) is 0 Å². The lowest BCUT2D eigenvalue weighted by Crippen LogP contribution is -2.38. The van der Waals surface area contributed by atoms with Gasteiger partial charge >= 0.3 is 0 Å². The Kier molecular flexibility index (Phi) is 7.17. The summed E-state index contributed by atoms with van der Waals surface area (Å²) >= 11 is 0. The summed E-state index contributed by atoms with van der Waals surface area (Å²) in [6, 6.07) is 15.0. The van der Waals surface area contributed by atoms with E-state index < -0.39 is 0 Å². The van der Waals surface area contributed by atoms with Crippen LogP contribution in [0.1, 0.15) is 11.1 Å². The summed E-state index contributed by atoms with van der Waals surface area (Å²) in [5.41, 5.74) is 2.91. The van der Waals surface area contributed by atoms with Crippen LogP contribution < -0.4 is 15.4 Å². The second-order valence-corrected chi connectivity index (χ2v) is 6.15. The number of aryl methyl sites for hydroxylation is 1.